The molecular formula is C24H30N6O6S. The predicted molar refractivity (Wildman–Crippen MR) is 135 cm³/mol. The van der Waals surface area contributed by atoms with Crippen LogP contribution in [0.3, 0.4) is 0 Å². The Morgan fingerprint density at radius 2 is 1.78 bits per heavy atom. The minimum atomic E-state index is -0.527. The number of aromatic amines is 1. The molecule has 1 aliphatic heterocycles. The number of nitrogens with zero attached hydrogens (tertiary/aromatic N) is 3. The summed E-state index contributed by atoms with van der Waals surface area (Å²) in [5.74, 6) is -0.918. The highest BCUT2D eigenvalue weighted by atomic mass is 32.1. The highest BCUT2D eigenvalue weighted by molar-refractivity contribution is 7.09. The molecule has 3 aromatic rings. The van der Waals surface area contributed by atoms with Crippen molar-refractivity contribution in [2.45, 2.75) is 18.8 Å². The molecule has 2 aromatic heterocycles. The molecule has 0 atom stereocenters. The number of carbonyl (C=O) groups excluding carboxylic acids is 3. The van der Waals surface area contributed by atoms with E-state index in [0.29, 0.717) is 44.9 Å². The van der Waals surface area contributed by atoms with Crippen LogP contribution < -0.4 is 10.9 Å². The zero-order valence-electron chi connectivity index (χ0n) is 20.5. The second kappa shape index (κ2) is 13.2. The van der Waals surface area contributed by atoms with Crippen LogP contribution in [0.1, 0.15) is 44.7 Å². The lowest BCUT2D eigenvalue weighted by Crippen LogP contribution is -2.42. The third-order valence-electron chi connectivity index (χ3n) is 5.96. The van der Waals surface area contributed by atoms with Crippen LogP contribution in [0, 0.1) is 0 Å². The summed E-state index contributed by atoms with van der Waals surface area (Å²) in [6, 6.07) is 7.23. The molecule has 4 rings (SSSR count). The number of aromatic nitrogens is 3. The lowest BCUT2D eigenvalue weighted by atomic mass is 9.97. The summed E-state index contributed by atoms with van der Waals surface area (Å²) in [5, 5.41) is 9.97. The van der Waals surface area contributed by atoms with Gasteiger partial charge in [0.25, 0.3) is 11.8 Å². The van der Waals surface area contributed by atoms with Crippen LogP contribution in [-0.4, -0.2) is 91.0 Å². The Labute approximate surface area is 217 Å². The van der Waals surface area contributed by atoms with Gasteiger partial charge in [0.05, 0.1) is 37.0 Å². The van der Waals surface area contributed by atoms with Crippen LogP contribution in [-0.2, 0) is 19.0 Å². The van der Waals surface area contributed by atoms with Gasteiger partial charge in [-0.25, -0.2) is 4.98 Å². The van der Waals surface area contributed by atoms with Crippen LogP contribution in [0.25, 0.3) is 10.9 Å². The predicted octanol–water partition coefficient (Wildman–Crippen LogP) is 1.48. The minimum Gasteiger partial charge on any atom is -0.382 e. The topological polar surface area (TPSA) is 148 Å². The van der Waals surface area contributed by atoms with Crippen molar-refractivity contribution in [3.8, 4) is 0 Å². The van der Waals surface area contributed by atoms with E-state index in [9.17, 15) is 14.4 Å². The molecule has 198 valence electrons. The van der Waals surface area contributed by atoms with Crippen LogP contribution in [0.5, 0.6) is 0 Å². The van der Waals surface area contributed by atoms with Gasteiger partial charge in [0.15, 0.2) is 5.69 Å². The van der Waals surface area contributed by atoms with Crippen molar-refractivity contribution in [3.05, 3.63) is 46.0 Å². The molecule has 1 saturated heterocycles. The van der Waals surface area contributed by atoms with Crippen LogP contribution in [0.2, 0.25) is 0 Å². The molecule has 0 saturated carbocycles. The normalized spacial score (nSPS) is 14.1. The number of ether oxygens (including phenoxy) is 3. The fourth-order valence-corrected chi connectivity index (χ4v) is 4.91. The molecule has 1 fully saturated rings. The van der Waals surface area contributed by atoms with Crippen molar-refractivity contribution in [2.24, 2.45) is 0 Å². The van der Waals surface area contributed by atoms with E-state index in [0.717, 1.165) is 23.4 Å². The fraction of sp³-hybridized carbons (Fsp3) is 0.458. The van der Waals surface area contributed by atoms with Crippen LogP contribution >= 0.6 is 11.3 Å². The second-order valence-corrected chi connectivity index (χ2v) is 9.30. The number of piperidine rings is 1. The third-order valence-corrected chi connectivity index (χ3v) is 6.96. The fourth-order valence-electron chi connectivity index (χ4n) is 3.94. The van der Waals surface area contributed by atoms with Gasteiger partial charge in [-0.05, 0) is 18.9 Å². The van der Waals surface area contributed by atoms with E-state index in [1.807, 2.05) is 12.1 Å². The monoisotopic (exact) mass is 530 g/mol. The van der Waals surface area contributed by atoms with Crippen molar-refractivity contribution >= 4 is 40.0 Å². The van der Waals surface area contributed by atoms with Gasteiger partial charge in [-0.3, -0.25) is 30.3 Å². The highest BCUT2D eigenvalue weighted by Gasteiger charge is 2.26. The van der Waals surface area contributed by atoms with E-state index in [1.54, 1.807) is 29.5 Å². The van der Waals surface area contributed by atoms with E-state index >= 15 is 0 Å². The molecule has 0 spiro atoms. The quantitative estimate of drug-likeness (QED) is 0.249. The number of likely N-dealkylation sites (tertiary alicyclic amines) is 1. The Kier molecular flexibility index (Phi) is 9.54. The number of rotatable bonds is 11. The number of thiazole rings is 1. The van der Waals surface area contributed by atoms with E-state index < -0.39 is 11.8 Å². The number of benzene rings is 1. The average Bonchev–Trinajstić information content (AvgIpc) is 3.59. The summed E-state index contributed by atoms with van der Waals surface area (Å²) >= 11 is 1.40. The lowest BCUT2D eigenvalue weighted by Gasteiger charge is -2.31. The number of hydrogen-bond acceptors (Lipinski definition) is 9. The summed E-state index contributed by atoms with van der Waals surface area (Å²) in [5.41, 5.74) is 5.94. The Morgan fingerprint density at radius 3 is 2.59 bits per heavy atom. The highest BCUT2D eigenvalue weighted by Crippen LogP contribution is 2.30. The van der Waals surface area contributed by atoms with E-state index in [-0.39, 0.29) is 29.8 Å². The molecule has 3 N–H and O–H groups in total. The summed E-state index contributed by atoms with van der Waals surface area (Å²) < 4.78 is 15.6. The number of carbonyl (C=O) groups is 3. The molecule has 3 heterocycles. The number of hydrogen-bond donors (Lipinski definition) is 3. The number of methoxy groups -OCH3 is 1. The largest absolute Gasteiger partial charge is 0.382 e. The molecule has 1 aliphatic rings. The number of amides is 3. The van der Waals surface area contributed by atoms with E-state index in [2.05, 4.69) is 26.0 Å². The van der Waals surface area contributed by atoms with Crippen molar-refractivity contribution in [1.82, 2.24) is 30.9 Å². The average molecular weight is 531 g/mol. The van der Waals surface area contributed by atoms with E-state index in [4.69, 9.17) is 14.2 Å². The molecule has 12 nitrogen and oxygen atoms in total. The third kappa shape index (κ3) is 7.10. The van der Waals surface area contributed by atoms with Gasteiger partial charge in [-0.1, -0.05) is 18.2 Å². The Hall–Kier alpha value is -3.39. The zero-order chi connectivity index (χ0) is 26.0. The Morgan fingerprint density at radius 1 is 1.05 bits per heavy atom. The Bertz CT molecular complexity index is 1210. The van der Waals surface area contributed by atoms with Crippen LogP contribution in [0.15, 0.2) is 29.6 Å². The van der Waals surface area contributed by atoms with Crippen molar-refractivity contribution < 1.29 is 28.6 Å². The molecule has 0 unspecified atom stereocenters. The summed E-state index contributed by atoms with van der Waals surface area (Å²) in [6.07, 6.45) is 1.51. The maximum Gasteiger partial charge on any atom is 0.290 e. The van der Waals surface area contributed by atoms with Crippen molar-refractivity contribution in [1.29, 1.82) is 0 Å². The van der Waals surface area contributed by atoms with Gasteiger partial charge in [0.2, 0.25) is 5.91 Å². The van der Waals surface area contributed by atoms with Crippen molar-refractivity contribution in [3.63, 3.8) is 0 Å². The van der Waals surface area contributed by atoms with Gasteiger partial charge in [-0.15, -0.1) is 11.3 Å². The number of fused-ring (bicyclic) bond motifs is 1. The van der Waals surface area contributed by atoms with Gasteiger partial charge in [-0.2, -0.15) is 5.10 Å². The molecule has 0 aliphatic carbocycles. The molecule has 0 radical (unpaired) electrons. The van der Waals surface area contributed by atoms with E-state index in [1.165, 1.54) is 11.3 Å². The molecular weight excluding hydrogens is 500 g/mol. The number of para-hydroxylation sites is 1. The molecule has 3 amide bonds. The summed E-state index contributed by atoms with van der Waals surface area (Å²) in [6.45, 7) is 3.03. The molecule has 1 aromatic carbocycles. The van der Waals surface area contributed by atoms with Gasteiger partial charge >= 0.3 is 0 Å². The first-order chi connectivity index (χ1) is 18.1. The molecule has 37 heavy (non-hydrogen) atoms. The minimum absolute atomic E-state index is 0.0274. The summed E-state index contributed by atoms with van der Waals surface area (Å²) in [4.78, 5) is 43.6. The van der Waals surface area contributed by atoms with Gasteiger partial charge in [0, 0.05) is 36.9 Å². The first-order valence-electron chi connectivity index (χ1n) is 12.0. The number of hydrazine groups is 1. The van der Waals surface area contributed by atoms with Crippen LogP contribution in [0.4, 0.5) is 0 Å². The smallest absolute Gasteiger partial charge is 0.290 e. The zero-order valence-corrected chi connectivity index (χ0v) is 21.3. The maximum atomic E-state index is 12.5. The van der Waals surface area contributed by atoms with Gasteiger partial charge in [0.1, 0.15) is 12.3 Å². The van der Waals surface area contributed by atoms with Gasteiger partial charge < -0.3 is 19.1 Å². The summed E-state index contributed by atoms with van der Waals surface area (Å²) in [7, 11) is 1.61. The number of H-pyrrole nitrogens is 1. The molecule has 0 bridgehead atoms. The maximum absolute atomic E-state index is 12.5. The lowest BCUT2D eigenvalue weighted by molar-refractivity contribution is -0.137. The molecule has 13 heteroatoms. The van der Waals surface area contributed by atoms with Crippen molar-refractivity contribution in [2.75, 3.05) is 53.2 Å². The first kappa shape index (κ1) is 26.7. The number of nitrogens with one attached hydrogen (secondary N) is 3. The standard InChI is InChI=1S/C24H30N6O6S/c1-34-10-11-35-12-13-36-14-20(31)30-8-6-16(7-9-30)24-25-19(15-37-24)22(32)28-29-23(33)21-17-4-2-3-5-18(17)26-27-21/h2-5,15-16H,6-14H2,1H3,(H,26,27)(H,28,32)(H,29,33). The first-order valence-corrected chi connectivity index (χ1v) is 12.9. The second-order valence-electron chi connectivity index (χ2n) is 8.41. The Balaban J connectivity index is 1.18. The SMILES string of the molecule is COCCOCCOCC(=O)N1CCC(c2nc(C(=O)NNC(=O)c3n[nH]c4ccccc34)cs2)CC1.